The van der Waals surface area contributed by atoms with Crippen LogP contribution in [0.3, 0.4) is 0 Å². The van der Waals surface area contributed by atoms with Crippen LogP contribution in [0.5, 0.6) is 0 Å². The van der Waals surface area contributed by atoms with Crippen molar-refractivity contribution in [3.63, 3.8) is 0 Å². The summed E-state index contributed by atoms with van der Waals surface area (Å²) in [5.41, 5.74) is 1.16. The van der Waals surface area contributed by atoms with E-state index in [2.05, 4.69) is 0 Å². The molecule has 0 aliphatic rings. The summed E-state index contributed by atoms with van der Waals surface area (Å²) in [7, 11) is 0. The maximum atomic E-state index is 10.6. The van der Waals surface area contributed by atoms with Gasteiger partial charge in [-0.1, -0.05) is 30.3 Å². The number of carboxylic acid groups (broad SMARTS) is 1. The van der Waals surface area contributed by atoms with Gasteiger partial charge in [0.1, 0.15) is 13.1 Å². The van der Waals surface area contributed by atoms with E-state index in [9.17, 15) is 9.90 Å². The smallest absolute Gasteiger partial charge is 0.118 e. The van der Waals surface area contributed by atoms with E-state index >= 15 is 0 Å². The maximum Gasteiger partial charge on any atom is 0.118 e. The molecule has 0 fully saturated rings. The Morgan fingerprint density at radius 3 is 2.40 bits per heavy atom. The number of aliphatic carboxylic acids is 1. The summed E-state index contributed by atoms with van der Waals surface area (Å²) < 4.78 is 0. The summed E-state index contributed by atoms with van der Waals surface area (Å²) in [5.74, 6) is -0.991. The molecule has 3 heteroatoms. The molecule has 1 aromatic carbocycles. The van der Waals surface area contributed by atoms with E-state index in [1.807, 2.05) is 44.2 Å². The lowest BCUT2D eigenvalue weighted by Crippen LogP contribution is -3.15. The quantitative estimate of drug-likeness (QED) is 0.689. The monoisotopic (exact) mass is 207 g/mol. The van der Waals surface area contributed by atoms with Gasteiger partial charge in [0.05, 0.1) is 12.0 Å². The van der Waals surface area contributed by atoms with E-state index in [1.165, 1.54) is 0 Å². The Kier molecular flexibility index (Phi) is 4.31. The topological polar surface area (TPSA) is 44.6 Å². The Labute approximate surface area is 90.3 Å². The lowest BCUT2D eigenvalue weighted by atomic mass is 10.2. The molecule has 0 aromatic heterocycles. The third-order valence-corrected chi connectivity index (χ3v) is 2.46. The van der Waals surface area contributed by atoms with E-state index in [-0.39, 0.29) is 12.6 Å². The molecule has 0 saturated carbocycles. The Bertz CT molecular complexity index is 309. The largest absolute Gasteiger partial charge is 0.544 e. The number of nitrogens with one attached hydrogen (secondary N) is 1. The van der Waals surface area contributed by atoms with Crippen LogP contribution >= 0.6 is 0 Å². The van der Waals surface area contributed by atoms with E-state index < -0.39 is 5.97 Å². The predicted molar refractivity (Wildman–Crippen MR) is 56.1 cm³/mol. The first-order valence-corrected chi connectivity index (χ1v) is 5.18. The number of carbonyl (C=O) groups excluding carboxylic acids is 1. The highest BCUT2D eigenvalue weighted by atomic mass is 16.4. The van der Waals surface area contributed by atoms with Gasteiger partial charge >= 0.3 is 0 Å². The van der Waals surface area contributed by atoms with Crippen molar-refractivity contribution in [2.24, 2.45) is 0 Å². The summed E-state index contributed by atoms with van der Waals surface area (Å²) >= 11 is 0. The molecule has 0 aliphatic carbocycles. The van der Waals surface area contributed by atoms with Crippen molar-refractivity contribution in [3.05, 3.63) is 35.9 Å². The molecule has 82 valence electrons. The van der Waals surface area contributed by atoms with Gasteiger partial charge in [0, 0.05) is 5.56 Å². The molecule has 0 bridgehead atoms. The van der Waals surface area contributed by atoms with Gasteiger partial charge in [0.2, 0.25) is 0 Å². The maximum absolute atomic E-state index is 10.6. The van der Waals surface area contributed by atoms with Crippen LogP contribution in [0.1, 0.15) is 19.4 Å². The number of rotatable bonds is 5. The Hall–Kier alpha value is -1.35. The molecule has 0 spiro atoms. The fraction of sp³-hybridized carbons (Fsp3) is 0.417. The first-order chi connectivity index (χ1) is 7.09. The normalized spacial score (nSPS) is 12.7. The van der Waals surface area contributed by atoms with Crippen LogP contribution in [0.2, 0.25) is 0 Å². The molecule has 1 N–H and O–H groups in total. The third kappa shape index (κ3) is 4.13. The second kappa shape index (κ2) is 5.51. The van der Waals surface area contributed by atoms with Gasteiger partial charge in [-0.05, 0) is 13.8 Å². The van der Waals surface area contributed by atoms with Gasteiger partial charge in [-0.25, -0.2) is 0 Å². The highest BCUT2D eigenvalue weighted by Gasteiger charge is 2.13. The fourth-order valence-corrected chi connectivity index (χ4v) is 1.51. The highest BCUT2D eigenvalue weighted by Crippen LogP contribution is 1.95. The predicted octanol–water partition coefficient (Wildman–Crippen LogP) is -0.770. The van der Waals surface area contributed by atoms with E-state index in [4.69, 9.17) is 0 Å². The second-order valence-corrected chi connectivity index (χ2v) is 4.02. The lowest BCUT2D eigenvalue weighted by Gasteiger charge is -2.23. The molecule has 3 nitrogen and oxygen atoms in total. The summed E-state index contributed by atoms with van der Waals surface area (Å²) in [4.78, 5) is 11.6. The minimum absolute atomic E-state index is 0.0621. The average Bonchev–Trinajstić information content (AvgIpc) is 2.17. The molecule has 1 atom stereocenters. The number of hydrogen-bond donors (Lipinski definition) is 1. The van der Waals surface area contributed by atoms with Crippen LogP contribution < -0.4 is 10.0 Å². The van der Waals surface area contributed by atoms with Gasteiger partial charge in [0.15, 0.2) is 0 Å². The van der Waals surface area contributed by atoms with Crippen molar-refractivity contribution >= 4 is 5.97 Å². The van der Waals surface area contributed by atoms with E-state index in [1.54, 1.807) is 0 Å². The van der Waals surface area contributed by atoms with Gasteiger partial charge in [-0.2, -0.15) is 0 Å². The van der Waals surface area contributed by atoms with Crippen LogP contribution in [0, 0.1) is 0 Å². The van der Waals surface area contributed by atoms with Crippen molar-refractivity contribution in [3.8, 4) is 0 Å². The lowest BCUT2D eigenvalue weighted by molar-refractivity contribution is -0.929. The zero-order chi connectivity index (χ0) is 11.3. The van der Waals surface area contributed by atoms with Crippen molar-refractivity contribution in [1.29, 1.82) is 0 Å². The molecular weight excluding hydrogens is 190 g/mol. The number of quaternary nitrogens is 1. The average molecular weight is 207 g/mol. The molecule has 0 heterocycles. The van der Waals surface area contributed by atoms with Gasteiger partial charge in [-0.15, -0.1) is 0 Å². The van der Waals surface area contributed by atoms with E-state index in [0.717, 1.165) is 17.0 Å². The molecule has 1 unspecified atom stereocenters. The Morgan fingerprint density at radius 1 is 1.33 bits per heavy atom. The standard InChI is InChI=1S/C12H17NO2/c1-10(2)13(9-12(14)15)8-11-6-4-3-5-7-11/h3-7,10H,8-9H2,1-2H3,(H,14,15). The summed E-state index contributed by atoms with van der Waals surface area (Å²) in [5, 5.41) is 10.6. The van der Waals surface area contributed by atoms with Crippen molar-refractivity contribution in [2.75, 3.05) is 6.54 Å². The molecule has 0 amide bonds. The number of carboxylic acids is 1. The van der Waals surface area contributed by atoms with Crippen LogP contribution in [0.15, 0.2) is 30.3 Å². The fourth-order valence-electron chi connectivity index (χ4n) is 1.51. The molecule has 0 aliphatic heterocycles. The summed E-state index contributed by atoms with van der Waals surface area (Å²) in [6, 6.07) is 10.2. The van der Waals surface area contributed by atoms with Crippen molar-refractivity contribution < 1.29 is 14.8 Å². The van der Waals surface area contributed by atoms with Gasteiger partial charge in [0.25, 0.3) is 0 Å². The summed E-state index contributed by atoms with van der Waals surface area (Å²) in [6.07, 6.45) is 0. The molecule has 1 rings (SSSR count). The molecule has 15 heavy (non-hydrogen) atoms. The highest BCUT2D eigenvalue weighted by molar-refractivity contribution is 5.65. The molecular formula is C12H17NO2. The van der Waals surface area contributed by atoms with E-state index in [0.29, 0.717) is 0 Å². The molecule has 1 aromatic rings. The minimum Gasteiger partial charge on any atom is -0.544 e. The molecule has 0 radical (unpaired) electrons. The molecule has 0 saturated heterocycles. The zero-order valence-electron chi connectivity index (χ0n) is 9.19. The van der Waals surface area contributed by atoms with Crippen LogP contribution in [0.4, 0.5) is 0 Å². The van der Waals surface area contributed by atoms with Gasteiger partial charge < -0.3 is 14.8 Å². The van der Waals surface area contributed by atoms with Crippen LogP contribution in [0.25, 0.3) is 0 Å². The number of benzene rings is 1. The Balaban J connectivity index is 2.63. The van der Waals surface area contributed by atoms with Crippen LogP contribution in [-0.2, 0) is 11.3 Å². The van der Waals surface area contributed by atoms with Crippen LogP contribution in [-0.4, -0.2) is 18.6 Å². The second-order valence-electron chi connectivity index (χ2n) is 4.02. The minimum atomic E-state index is -0.991. The first-order valence-electron chi connectivity index (χ1n) is 5.18. The number of hydrogen-bond acceptors (Lipinski definition) is 2. The third-order valence-electron chi connectivity index (χ3n) is 2.46. The van der Waals surface area contributed by atoms with Crippen molar-refractivity contribution in [1.82, 2.24) is 0 Å². The number of carbonyl (C=O) groups is 1. The SMILES string of the molecule is CC(C)[NH+](CC(=O)[O-])Cc1ccccc1. The summed E-state index contributed by atoms with van der Waals surface area (Å²) in [6.45, 7) is 4.82. The van der Waals surface area contributed by atoms with Crippen molar-refractivity contribution in [2.45, 2.75) is 26.4 Å². The van der Waals surface area contributed by atoms with Gasteiger partial charge in [-0.3, -0.25) is 0 Å². The Morgan fingerprint density at radius 2 is 1.93 bits per heavy atom. The first kappa shape index (κ1) is 11.7. The zero-order valence-corrected chi connectivity index (χ0v) is 9.19.